The Morgan fingerprint density at radius 1 is 1.38 bits per heavy atom. The van der Waals surface area contributed by atoms with Gasteiger partial charge in [0.1, 0.15) is 12.4 Å². The Balaban J connectivity index is 1.71. The van der Waals surface area contributed by atoms with E-state index in [0.717, 1.165) is 38.3 Å². The van der Waals surface area contributed by atoms with Crippen molar-refractivity contribution < 1.29 is 22.1 Å². The van der Waals surface area contributed by atoms with Crippen molar-refractivity contribution in [1.29, 1.82) is 0 Å². The number of rotatable bonds is 5. The van der Waals surface area contributed by atoms with Crippen LogP contribution in [0.15, 0.2) is 27.6 Å². The summed E-state index contributed by atoms with van der Waals surface area (Å²) in [5.74, 6) is -0.392. The van der Waals surface area contributed by atoms with E-state index >= 15 is 0 Å². The first-order chi connectivity index (χ1) is 11.4. The van der Waals surface area contributed by atoms with Gasteiger partial charge >= 0.3 is 0 Å². The molecule has 9 heteroatoms. The molecule has 0 bridgehead atoms. The smallest absolute Gasteiger partial charge is 0.252 e. The molecule has 0 aliphatic carbocycles. The highest BCUT2D eigenvalue weighted by atomic mass is 32.2. The van der Waals surface area contributed by atoms with Crippen molar-refractivity contribution >= 4 is 9.84 Å². The van der Waals surface area contributed by atoms with Crippen molar-refractivity contribution in [2.45, 2.75) is 30.4 Å². The van der Waals surface area contributed by atoms with Gasteiger partial charge in [0.15, 0.2) is 9.84 Å². The molecular formula is C15H18FN3O4S. The minimum Gasteiger partial charge on any atom is -0.368 e. The van der Waals surface area contributed by atoms with Crippen LogP contribution in [0, 0.1) is 5.82 Å². The van der Waals surface area contributed by atoms with E-state index < -0.39 is 15.7 Å². The van der Waals surface area contributed by atoms with Crippen LogP contribution in [0.25, 0.3) is 11.4 Å². The van der Waals surface area contributed by atoms with Gasteiger partial charge in [0.25, 0.3) is 5.89 Å². The second-order valence-corrected chi connectivity index (χ2v) is 7.70. The van der Waals surface area contributed by atoms with Gasteiger partial charge in [-0.15, -0.1) is 0 Å². The highest BCUT2D eigenvalue weighted by Crippen LogP contribution is 2.23. The standard InChI is InChI=1S/C15H18FN3O4S/c1-24(20,21)11-2-3-12(13(16)8-11)15-18-14(23-19-15)9-22-10-4-6-17-7-5-10/h2-3,8,10,17H,4-7,9H2,1H3. The summed E-state index contributed by atoms with van der Waals surface area (Å²) in [6.07, 6.45) is 3.00. The van der Waals surface area contributed by atoms with Crippen molar-refractivity contribution in [3.63, 3.8) is 0 Å². The van der Waals surface area contributed by atoms with Crippen LogP contribution >= 0.6 is 0 Å². The fourth-order valence-electron chi connectivity index (χ4n) is 2.48. The van der Waals surface area contributed by atoms with E-state index in [0.29, 0.717) is 0 Å². The lowest BCUT2D eigenvalue weighted by Gasteiger charge is -2.21. The van der Waals surface area contributed by atoms with Gasteiger partial charge in [-0.3, -0.25) is 0 Å². The van der Waals surface area contributed by atoms with Gasteiger partial charge in [-0.2, -0.15) is 4.98 Å². The summed E-state index contributed by atoms with van der Waals surface area (Å²) in [6.45, 7) is 2.00. The highest BCUT2D eigenvalue weighted by molar-refractivity contribution is 7.90. The minimum atomic E-state index is -3.47. The number of benzene rings is 1. The zero-order valence-corrected chi connectivity index (χ0v) is 14.0. The quantitative estimate of drug-likeness (QED) is 0.869. The molecule has 7 nitrogen and oxygen atoms in total. The summed E-state index contributed by atoms with van der Waals surface area (Å²) < 4.78 is 47.8. The van der Waals surface area contributed by atoms with Gasteiger partial charge in [0, 0.05) is 6.26 Å². The van der Waals surface area contributed by atoms with Crippen molar-refractivity contribution in [3.05, 3.63) is 29.9 Å². The molecule has 3 rings (SSSR count). The molecule has 0 atom stereocenters. The van der Waals surface area contributed by atoms with Crippen molar-refractivity contribution in [2.24, 2.45) is 0 Å². The first-order valence-corrected chi connectivity index (χ1v) is 9.47. The Hall–Kier alpha value is -1.84. The maximum atomic E-state index is 14.1. The second kappa shape index (κ2) is 6.96. The summed E-state index contributed by atoms with van der Waals surface area (Å²) >= 11 is 0. The lowest BCUT2D eigenvalue weighted by Crippen LogP contribution is -2.32. The predicted molar refractivity (Wildman–Crippen MR) is 83.5 cm³/mol. The van der Waals surface area contributed by atoms with Gasteiger partial charge in [-0.25, -0.2) is 12.8 Å². The Morgan fingerprint density at radius 2 is 2.12 bits per heavy atom. The summed E-state index contributed by atoms with van der Waals surface area (Å²) in [5, 5.41) is 6.98. The van der Waals surface area contributed by atoms with Crippen molar-refractivity contribution in [2.75, 3.05) is 19.3 Å². The predicted octanol–water partition coefficient (Wildman–Crippen LogP) is 1.55. The molecule has 1 aromatic heterocycles. The number of hydrogen-bond acceptors (Lipinski definition) is 7. The number of piperidine rings is 1. The second-order valence-electron chi connectivity index (χ2n) is 5.69. The Labute approximate surface area is 139 Å². The number of ether oxygens (including phenoxy) is 1. The van der Waals surface area contributed by atoms with Crippen LogP contribution in [0.5, 0.6) is 0 Å². The molecule has 1 aromatic carbocycles. The Morgan fingerprint density at radius 3 is 2.79 bits per heavy atom. The van der Waals surface area contributed by atoms with Crippen LogP contribution in [0.4, 0.5) is 4.39 Å². The van der Waals surface area contributed by atoms with E-state index in [1.165, 1.54) is 12.1 Å². The summed E-state index contributed by atoms with van der Waals surface area (Å²) in [5.41, 5.74) is 0.0827. The van der Waals surface area contributed by atoms with E-state index in [9.17, 15) is 12.8 Å². The minimum absolute atomic E-state index is 0.0662. The van der Waals surface area contributed by atoms with Crippen LogP contribution in [-0.2, 0) is 21.2 Å². The van der Waals surface area contributed by atoms with E-state index in [2.05, 4.69) is 15.5 Å². The molecule has 130 valence electrons. The largest absolute Gasteiger partial charge is 0.368 e. The molecule has 1 aliphatic rings. The number of nitrogens with zero attached hydrogens (tertiary/aromatic N) is 2. The Kier molecular flexibility index (Phi) is 4.93. The van der Waals surface area contributed by atoms with Gasteiger partial charge < -0.3 is 14.6 Å². The lowest BCUT2D eigenvalue weighted by molar-refractivity contribution is 0.00859. The molecule has 0 amide bonds. The van der Waals surface area contributed by atoms with Crippen LogP contribution < -0.4 is 5.32 Å². The van der Waals surface area contributed by atoms with Crippen LogP contribution in [0.2, 0.25) is 0 Å². The van der Waals surface area contributed by atoms with Crippen molar-refractivity contribution in [3.8, 4) is 11.4 Å². The summed E-state index contributed by atoms with van der Waals surface area (Å²) in [7, 11) is -3.47. The lowest BCUT2D eigenvalue weighted by atomic mass is 10.1. The molecule has 0 spiro atoms. The number of aromatic nitrogens is 2. The highest BCUT2D eigenvalue weighted by Gasteiger charge is 2.18. The molecule has 1 N–H and O–H groups in total. The van der Waals surface area contributed by atoms with Crippen LogP contribution in [-0.4, -0.2) is 44.0 Å². The number of sulfone groups is 1. The fraction of sp³-hybridized carbons (Fsp3) is 0.467. The molecule has 0 saturated carbocycles. The topological polar surface area (TPSA) is 94.3 Å². The molecule has 0 radical (unpaired) electrons. The molecular weight excluding hydrogens is 337 g/mol. The van der Waals surface area contributed by atoms with E-state index in [4.69, 9.17) is 9.26 Å². The number of nitrogens with one attached hydrogen (secondary N) is 1. The van der Waals surface area contributed by atoms with Crippen LogP contribution in [0.3, 0.4) is 0 Å². The molecule has 24 heavy (non-hydrogen) atoms. The van der Waals surface area contributed by atoms with Gasteiger partial charge in [-0.1, -0.05) is 5.16 Å². The number of halogens is 1. The van der Waals surface area contributed by atoms with E-state index in [1.54, 1.807) is 0 Å². The average Bonchev–Trinajstić information content (AvgIpc) is 3.01. The zero-order chi connectivity index (χ0) is 17.2. The molecule has 1 fully saturated rings. The average molecular weight is 355 g/mol. The number of hydrogen-bond donors (Lipinski definition) is 1. The molecule has 2 heterocycles. The third-order valence-electron chi connectivity index (χ3n) is 3.81. The van der Waals surface area contributed by atoms with Crippen molar-refractivity contribution in [1.82, 2.24) is 15.5 Å². The first-order valence-electron chi connectivity index (χ1n) is 7.58. The Bertz CT molecular complexity index is 816. The SMILES string of the molecule is CS(=O)(=O)c1ccc(-c2noc(COC3CCNCC3)n2)c(F)c1. The third kappa shape index (κ3) is 3.97. The maximum Gasteiger partial charge on any atom is 0.252 e. The maximum absolute atomic E-state index is 14.1. The van der Waals surface area contributed by atoms with Gasteiger partial charge in [-0.05, 0) is 44.1 Å². The summed E-state index contributed by atoms with van der Waals surface area (Å²) in [6, 6.07) is 3.59. The van der Waals surface area contributed by atoms with E-state index in [1.807, 2.05) is 0 Å². The molecule has 2 aromatic rings. The zero-order valence-electron chi connectivity index (χ0n) is 13.2. The molecule has 1 aliphatic heterocycles. The molecule has 0 unspecified atom stereocenters. The third-order valence-corrected chi connectivity index (χ3v) is 4.92. The van der Waals surface area contributed by atoms with Gasteiger partial charge in [0.05, 0.1) is 16.6 Å². The molecule has 1 saturated heterocycles. The van der Waals surface area contributed by atoms with E-state index in [-0.39, 0.29) is 34.9 Å². The fourth-order valence-corrected chi connectivity index (χ4v) is 3.11. The van der Waals surface area contributed by atoms with Crippen LogP contribution in [0.1, 0.15) is 18.7 Å². The van der Waals surface area contributed by atoms with Gasteiger partial charge in [0.2, 0.25) is 5.82 Å². The normalized spacial score (nSPS) is 16.4. The first kappa shape index (κ1) is 17.0. The monoisotopic (exact) mass is 355 g/mol. The summed E-state index contributed by atoms with van der Waals surface area (Å²) in [4.78, 5) is 4.01.